The molecule has 0 atom stereocenters. The first-order chi connectivity index (χ1) is 15.9. The van der Waals surface area contributed by atoms with Crippen LogP contribution in [0.25, 0.3) is 0 Å². The van der Waals surface area contributed by atoms with Crippen LogP contribution in [0.2, 0.25) is 19.6 Å². The van der Waals surface area contributed by atoms with Gasteiger partial charge in [0.05, 0.1) is 65.0 Å². The molecule has 0 heterocycles. The summed E-state index contributed by atoms with van der Waals surface area (Å²) < 4.78 is 32.7. The minimum Gasteiger partial charge on any atom is -0.460 e. The van der Waals surface area contributed by atoms with Crippen molar-refractivity contribution in [3.8, 4) is 0 Å². The number of carbonyl (C=O) groups is 1. The van der Waals surface area contributed by atoms with Gasteiger partial charge in [0, 0.05) is 12.2 Å². The fraction of sp³-hybridized carbons (Fsp3) is 0.708. The fourth-order valence-corrected chi connectivity index (χ4v) is 3.27. The maximum absolute atomic E-state index is 12.0. The molecule has 0 bridgehead atoms. The van der Waals surface area contributed by atoms with Crippen molar-refractivity contribution in [2.45, 2.75) is 39.4 Å². The number of hydrogen-bond acceptors (Lipinski definition) is 8. The lowest BCUT2D eigenvalue weighted by Gasteiger charge is -2.16. The third-order valence-corrected chi connectivity index (χ3v) is 5.39. The second kappa shape index (κ2) is 18.9. The zero-order valence-electron chi connectivity index (χ0n) is 20.9. The van der Waals surface area contributed by atoms with Crippen molar-refractivity contribution in [2.75, 3.05) is 77.9 Å². The predicted molar refractivity (Wildman–Crippen MR) is 133 cm³/mol. The van der Waals surface area contributed by atoms with Crippen molar-refractivity contribution in [3.05, 3.63) is 29.8 Å². The van der Waals surface area contributed by atoms with Crippen LogP contribution in [0, 0.1) is 0 Å². The average molecular weight is 486 g/mol. The molecule has 1 rings (SSSR count). The Morgan fingerprint density at radius 2 is 1.24 bits per heavy atom. The molecule has 0 saturated heterocycles. The number of anilines is 1. The van der Waals surface area contributed by atoms with E-state index >= 15 is 0 Å². The lowest BCUT2D eigenvalue weighted by Crippen LogP contribution is -2.27. The van der Waals surface area contributed by atoms with Gasteiger partial charge in [-0.1, -0.05) is 13.3 Å². The van der Waals surface area contributed by atoms with Gasteiger partial charge in [0.15, 0.2) is 8.32 Å². The van der Waals surface area contributed by atoms with E-state index in [4.69, 9.17) is 28.1 Å². The van der Waals surface area contributed by atoms with Gasteiger partial charge < -0.3 is 33.4 Å². The molecular weight excluding hydrogens is 442 g/mol. The summed E-state index contributed by atoms with van der Waals surface area (Å²) >= 11 is 0. The van der Waals surface area contributed by atoms with Crippen LogP contribution in [0.1, 0.15) is 30.1 Å². The minimum atomic E-state index is -1.45. The quantitative estimate of drug-likeness (QED) is 0.159. The number of hydrogen-bond donors (Lipinski definition) is 1. The summed E-state index contributed by atoms with van der Waals surface area (Å²) in [5.41, 5.74) is 1.54. The van der Waals surface area contributed by atoms with Crippen molar-refractivity contribution in [2.24, 2.45) is 0 Å². The molecule has 0 aliphatic heterocycles. The van der Waals surface area contributed by atoms with Crippen LogP contribution >= 0.6 is 0 Å². The van der Waals surface area contributed by atoms with E-state index in [9.17, 15) is 4.79 Å². The summed E-state index contributed by atoms with van der Waals surface area (Å²) in [4.78, 5) is 12.0. The van der Waals surface area contributed by atoms with Crippen molar-refractivity contribution in [3.63, 3.8) is 0 Å². The van der Waals surface area contributed by atoms with Crippen LogP contribution < -0.4 is 5.32 Å². The van der Waals surface area contributed by atoms with E-state index in [-0.39, 0.29) is 12.6 Å². The Hall–Kier alpha value is -1.49. The van der Waals surface area contributed by atoms with Crippen LogP contribution in [0.15, 0.2) is 24.3 Å². The molecule has 0 amide bonds. The number of benzene rings is 1. The topological polar surface area (TPSA) is 84.5 Å². The molecule has 0 aliphatic carbocycles. The molecule has 33 heavy (non-hydrogen) atoms. The average Bonchev–Trinajstić information content (AvgIpc) is 2.78. The van der Waals surface area contributed by atoms with E-state index in [1.165, 1.54) is 0 Å². The lowest BCUT2D eigenvalue weighted by molar-refractivity contribution is -0.0109. The molecule has 9 heteroatoms. The first kappa shape index (κ1) is 29.5. The molecule has 0 radical (unpaired) electrons. The standard InChI is InChI=1S/C24H43NO7Si/c1-5-6-11-25-23-9-7-22(8-10-23)24(26)31-20-18-29-16-14-27-12-13-28-15-17-30-19-21-32-33(2,3)4/h7-10,25H,5-6,11-21H2,1-4H3. The highest BCUT2D eigenvalue weighted by atomic mass is 28.4. The zero-order chi connectivity index (χ0) is 24.2. The van der Waals surface area contributed by atoms with Gasteiger partial charge in [0.1, 0.15) is 6.61 Å². The molecule has 0 aliphatic rings. The summed E-state index contributed by atoms with van der Waals surface area (Å²) in [6.07, 6.45) is 2.26. The predicted octanol–water partition coefficient (Wildman–Crippen LogP) is 3.97. The third kappa shape index (κ3) is 17.6. The summed E-state index contributed by atoms with van der Waals surface area (Å²) in [7, 11) is -1.45. The fourth-order valence-electron chi connectivity index (χ4n) is 2.58. The van der Waals surface area contributed by atoms with Gasteiger partial charge in [-0.25, -0.2) is 4.79 Å². The van der Waals surface area contributed by atoms with E-state index in [2.05, 4.69) is 31.9 Å². The van der Waals surface area contributed by atoms with Gasteiger partial charge in [-0.05, 0) is 50.3 Å². The van der Waals surface area contributed by atoms with Crippen molar-refractivity contribution < 1.29 is 32.9 Å². The third-order valence-electron chi connectivity index (χ3n) is 4.32. The van der Waals surface area contributed by atoms with Gasteiger partial charge in [-0.3, -0.25) is 0 Å². The second-order valence-corrected chi connectivity index (χ2v) is 12.9. The molecule has 1 aromatic carbocycles. The Labute approximate surface area is 200 Å². The molecule has 0 fully saturated rings. The first-order valence-electron chi connectivity index (χ1n) is 11.9. The summed E-state index contributed by atoms with van der Waals surface area (Å²) in [5, 5.41) is 3.32. The van der Waals surface area contributed by atoms with Crippen LogP contribution in [0.3, 0.4) is 0 Å². The van der Waals surface area contributed by atoms with Crippen LogP contribution in [0.4, 0.5) is 5.69 Å². The number of unbranched alkanes of at least 4 members (excludes halogenated alkanes) is 1. The number of nitrogens with one attached hydrogen (secondary N) is 1. The van der Waals surface area contributed by atoms with Crippen LogP contribution in [0.5, 0.6) is 0 Å². The van der Waals surface area contributed by atoms with Gasteiger partial charge in [0.2, 0.25) is 0 Å². The summed E-state index contributed by atoms with van der Waals surface area (Å²) in [6.45, 7) is 14.3. The van der Waals surface area contributed by atoms with Gasteiger partial charge in [0.25, 0.3) is 0 Å². The van der Waals surface area contributed by atoms with Crippen molar-refractivity contribution in [1.29, 1.82) is 0 Å². The van der Waals surface area contributed by atoms with Gasteiger partial charge in [-0.2, -0.15) is 0 Å². The molecule has 0 saturated carbocycles. The normalized spacial score (nSPS) is 11.5. The van der Waals surface area contributed by atoms with E-state index in [1.807, 2.05) is 12.1 Å². The maximum Gasteiger partial charge on any atom is 0.338 e. The van der Waals surface area contributed by atoms with Crippen molar-refractivity contribution in [1.82, 2.24) is 0 Å². The van der Waals surface area contributed by atoms with E-state index in [0.717, 1.165) is 25.1 Å². The maximum atomic E-state index is 12.0. The Bertz CT molecular complexity index is 608. The Kier molecular flexibility index (Phi) is 16.9. The van der Waals surface area contributed by atoms with E-state index in [0.29, 0.717) is 65.0 Å². The molecule has 8 nitrogen and oxygen atoms in total. The van der Waals surface area contributed by atoms with Gasteiger partial charge >= 0.3 is 5.97 Å². The monoisotopic (exact) mass is 485 g/mol. The molecule has 190 valence electrons. The van der Waals surface area contributed by atoms with E-state index < -0.39 is 8.32 Å². The highest BCUT2D eigenvalue weighted by Gasteiger charge is 2.13. The molecule has 1 N–H and O–H groups in total. The smallest absolute Gasteiger partial charge is 0.338 e. The molecule has 1 aromatic rings. The Balaban J connectivity index is 1.87. The number of carbonyl (C=O) groups excluding carboxylic acids is 1. The summed E-state index contributed by atoms with van der Waals surface area (Å²) in [5.74, 6) is -0.348. The summed E-state index contributed by atoms with van der Waals surface area (Å²) in [6, 6.07) is 7.31. The number of ether oxygens (including phenoxy) is 5. The minimum absolute atomic E-state index is 0.210. The van der Waals surface area contributed by atoms with Crippen LogP contribution in [-0.2, 0) is 28.1 Å². The largest absolute Gasteiger partial charge is 0.460 e. The highest BCUT2D eigenvalue weighted by Crippen LogP contribution is 2.10. The van der Waals surface area contributed by atoms with Crippen LogP contribution in [-0.4, -0.2) is 86.9 Å². The molecule has 0 unspecified atom stereocenters. The number of esters is 1. The SMILES string of the molecule is CCCCNc1ccc(C(=O)OCCOCCOCCOCCOCCO[Si](C)(C)C)cc1. The zero-order valence-corrected chi connectivity index (χ0v) is 21.9. The Morgan fingerprint density at radius 1 is 0.758 bits per heavy atom. The van der Waals surface area contributed by atoms with E-state index in [1.54, 1.807) is 12.1 Å². The molecule has 0 spiro atoms. The number of rotatable bonds is 21. The lowest BCUT2D eigenvalue weighted by atomic mass is 10.2. The Morgan fingerprint density at radius 3 is 1.73 bits per heavy atom. The first-order valence-corrected chi connectivity index (χ1v) is 15.3. The molecular formula is C24H43NO7Si. The van der Waals surface area contributed by atoms with Crippen molar-refractivity contribution >= 4 is 20.0 Å². The molecule has 0 aromatic heterocycles. The second-order valence-electron chi connectivity index (χ2n) is 8.40. The highest BCUT2D eigenvalue weighted by molar-refractivity contribution is 6.69. The van der Waals surface area contributed by atoms with Gasteiger partial charge in [-0.15, -0.1) is 0 Å².